The fraction of sp³-hybridized carbons (Fsp3) is 0.100. The van der Waals surface area contributed by atoms with E-state index in [1.54, 1.807) is 29.6 Å². The van der Waals surface area contributed by atoms with Gasteiger partial charge in [0.1, 0.15) is 11.5 Å². The lowest BCUT2D eigenvalue weighted by atomic mass is 10.2. The first kappa shape index (κ1) is 21.9. The molecule has 2 heterocycles. The van der Waals surface area contributed by atoms with E-state index in [0.717, 1.165) is 5.56 Å². The molecule has 1 amide bonds. The third kappa shape index (κ3) is 5.49. The van der Waals surface area contributed by atoms with E-state index in [2.05, 4.69) is 20.5 Å². The van der Waals surface area contributed by atoms with Crippen LogP contribution in [0.3, 0.4) is 0 Å². The van der Waals surface area contributed by atoms with Crippen LogP contribution in [0.25, 0.3) is 11.3 Å². The number of carbonyl (C=O) groups excluding carboxylic acids is 1. The average molecular weight is 491 g/mol. The minimum absolute atomic E-state index is 0.0497. The zero-order valence-electron chi connectivity index (χ0n) is 16.3. The number of hydrogen-bond acceptors (Lipinski definition) is 9. The molecular weight excluding hydrogens is 476 g/mol. The Kier molecular flexibility index (Phi) is 6.49. The van der Waals surface area contributed by atoms with Crippen LogP contribution < -0.4 is 10.1 Å². The fourth-order valence-electron chi connectivity index (χ4n) is 2.56. The highest BCUT2D eigenvalue weighted by molar-refractivity contribution is 7.91. The lowest BCUT2D eigenvalue weighted by Gasteiger charge is -2.02. The molecule has 0 fully saturated rings. The molecule has 12 heteroatoms. The second-order valence-corrected chi connectivity index (χ2v) is 9.58. The number of anilines is 1. The molecule has 2 aromatic heterocycles. The van der Waals surface area contributed by atoms with Crippen LogP contribution in [0.4, 0.5) is 5.13 Å². The molecule has 0 saturated heterocycles. The van der Waals surface area contributed by atoms with Gasteiger partial charge in [-0.1, -0.05) is 47.0 Å². The number of benzene rings is 2. The van der Waals surface area contributed by atoms with E-state index >= 15 is 0 Å². The number of rotatable bonds is 8. The predicted molar refractivity (Wildman–Crippen MR) is 118 cm³/mol. The van der Waals surface area contributed by atoms with Gasteiger partial charge in [0.25, 0.3) is 5.89 Å². The van der Waals surface area contributed by atoms with E-state index in [1.807, 2.05) is 30.3 Å². The summed E-state index contributed by atoms with van der Waals surface area (Å²) in [6.45, 7) is -0.141. The summed E-state index contributed by atoms with van der Waals surface area (Å²) in [6, 6.07) is 16.0. The minimum atomic E-state index is -4.14. The smallest absolute Gasteiger partial charge is 0.336 e. The summed E-state index contributed by atoms with van der Waals surface area (Å²) in [5, 5.41) is 11.6. The molecule has 0 atom stereocenters. The molecule has 0 aliphatic carbocycles. The van der Waals surface area contributed by atoms with E-state index < -0.39 is 26.7 Å². The second-order valence-electron chi connectivity index (χ2n) is 6.42. The Labute approximate surface area is 192 Å². The quantitative estimate of drug-likeness (QED) is 0.395. The summed E-state index contributed by atoms with van der Waals surface area (Å²) < 4.78 is 35.5. The average Bonchev–Trinajstić information content (AvgIpc) is 3.44. The Morgan fingerprint density at radius 2 is 1.84 bits per heavy atom. The van der Waals surface area contributed by atoms with Gasteiger partial charge in [0.2, 0.25) is 15.7 Å². The number of carbonyl (C=O) groups is 1. The molecule has 0 aliphatic rings. The number of sulfone groups is 1. The van der Waals surface area contributed by atoms with Gasteiger partial charge in [-0.25, -0.2) is 13.4 Å². The number of halogens is 1. The molecule has 32 heavy (non-hydrogen) atoms. The number of hydrogen-bond donors (Lipinski definition) is 1. The van der Waals surface area contributed by atoms with Crippen molar-refractivity contribution in [2.24, 2.45) is 0 Å². The molecule has 0 unspecified atom stereocenters. The Hall–Kier alpha value is -3.28. The predicted octanol–water partition coefficient (Wildman–Crippen LogP) is 3.84. The number of amides is 1. The third-order valence-corrected chi connectivity index (χ3v) is 6.38. The van der Waals surface area contributed by atoms with Crippen molar-refractivity contribution in [3.8, 4) is 17.0 Å². The van der Waals surface area contributed by atoms with Gasteiger partial charge in [-0.15, -0.1) is 16.4 Å². The van der Waals surface area contributed by atoms with E-state index in [9.17, 15) is 13.2 Å². The Morgan fingerprint density at radius 3 is 2.59 bits per heavy atom. The van der Waals surface area contributed by atoms with E-state index in [1.165, 1.54) is 11.3 Å². The molecule has 0 saturated carbocycles. The lowest BCUT2D eigenvalue weighted by Crippen LogP contribution is -2.23. The minimum Gasteiger partial charge on any atom is -0.484 e. The largest absolute Gasteiger partial charge is 0.484 e. The van der Waals surface area contributed by atoms with Crippen molar-refractivity contribution < 1.29 is 22.4 Å². The van der Waals surface area contributed by atoms with Gasteiger partial charge in [-0.3, -0.25) is 4.79 Å². The van der Waals surface area contributed by atoms with Crippen molar-refractivity contribution in [3.63, 3.8) is 0 Å². The standard InChI is InChI=1S/C20H15ClN4O5S2/c21-14-6-8-15(9-7-14)29-10-18-24-25-20(30-18)32(27,28)12-17(26)23-19-22-16(11-31-19)13-4-2-1-3-5-13/h1-9,11H,10,12H2,(H,22,23,26). The highest BCUT2D eigenvalue weighted by Gasteiger charge is 2.26. The van der Waals surface area contributed by atoms with E-state index in [0.29, 0.717) is 16.5 Å². The van der Waals surface area contributed by atoms with Crippen LogP contribution in [0.2, 0.25) is 5.02 Å². The topological polar surface area (TPSA) is 124 Å². The summed E-state index contributed by atoms with van der Waals surface area (Å²) in [5.41, 5.74) is 1.56. The van der Waals surface area contributed by atoms with Crippen LogP contribution >= 0.6 is 22.9 Å². The molecule has 0 aliphatic heterocycles. The third-order valence-electron chi connectivity index (χ3n) is 4.03. The molecule has 0 radical (unpaired) electrons. The van der Waals surface area contributed by atoms with Gasteiger partial charge in [0.05, 0.1) is 5.69 Å². The van der Waals surface area contributed by atoms with Crippen molar-refractivity contribution in [2.75, 3.05) is 11.1 Å². The number of nitrogens with one attached hydrogen (secondary N) is 1. The molecule has 0 bridgehead atoms. The van der Waals surface area contributed by atoms with Gasteiger partial charge in [-0.05, 0) is 24.3 Å². The summed E-state index contributed by atoms with van der Waals surface area (Å²) >= 11 is 7.00. The van der Waals surface area contributed by atoms with Crippen molar-refractivity contribution >= 4 is 43.8 Å². The Morgan fingerprint density at radius 1 is 1.09 bits per heavy atom. The molecule has 1 N–H and O–H groups in total. The summed E-state index contributed by atoms with van der Waals surface area (Å²) in [4.78, 5) is 16.5. The van der Waals surface area contributed by atoms with Gasteiger partial charge in [0.15, 0.2) is 11.7 Å². The molecule has 4 aromatic rings. The van der Waals surface area contributed by atoms with Crippen molar-refractivity contribution in [1.82, 2.24) is 15.2 Å². The molecule has 0 spiro atoms. The van der Waals surface area contributed by atoms with E-state index in [4.69, 9.17) is 20.8 Å². The van der Waals surface area contributed by atoms with Crippen LogP contribution in [0, 0.1) is 0 Å². The second kappa shape index (κ2) is 9.47. The molecular formula is C20H15ClN4O5S2. The van der Waals surface area contributed by atoms with Gasteiger partial charge in [0, 0.05) is 16.0 Å². The molecule has 2 aromatic carbocycles. The fourth-order valence-corrected chi connectivity index (χ4v) is 4.35. The Bertz CT molecular complexity index is 1320. The maximum Gasteiger partial charge on any atom is 0.336 e. The van der Waals surface area contributed by atoms with Crippen molar-refractivity contribution in [1.29, 1.82) is 0 Å². The molecule has 164 valence electrons. The van der Waals surface area contributed by atoms with Crippen molar-refractivity contribution in [2.45, 2.75) is 11.8 Å². The summed E-state index contributed by atoms with van der Waals surface area (Å²) in [5.74, 6) is -1.19. The molecule has 9 nitrogen and oxygen atoms in total. The number of nitrogens with zero attached hydrogens (tertiary/aromatic N) is 3. The van der Waals surface area contributed by atoms with Crippen LogP contribution in [0.15, 0.2) is 69.6 Å². The monoisotopic (exact) mass is 490 g/mol. The highest BCUT2D eigenvalue weighted by atomic mass is 35.5. The highest BCUT2D eigenvalue weighted by Crippen LogP contribution is 2.24. The SMILES string of the molecule is O=C(CS(=O)(=O)c1nnc(COc2ccc(Cl)cc2)o1)Nc1nc(-c2ccccc2)cs1. The maximum absolute atomic E-state index is 12.5. The summed E-state index contributed by atoms with van der Waals surface area (Å²) in [7, 11) is -4.14. The number of aromatic nitrogens is 3. The summed E-state index contributed by atoms with van der Waals surface area (Å²) in [6.07, 6.45) is 0. The zero-order valence-corrected chi connectivity index (χ0v) is 18.7. The van der Waals surface area contributed by atoms with E-state index in [-0.39, 0.29) is 17.6 Å². The van der Waals surface area contributed by atoms with Gasteiger partial charge < -0.3 is 14.5 Å². The number of thiazole rings is 1. The molecule has 4 rings (SSSR count). The lowest BCUT2D eigenvalue weighted by molar-refractivity contribution is -0.113. The van der Waals surface area contributed by atoms with Crippen LogP contribution in [0.5, 0.6) is 5.75 Å². The van der Waals surface area contributed by atoms with Crippen LogP contribution in [-0.2, 0) is 21.2 Å². The first-order valence-corrected chi connectivity index (χ1v) is 12.0. The number of ether oxygens (including phenoxy) is 1. The normalized spacial score (nSPS) is 11.3. The van der Waals surface area contributed by atoms with Crippen LogP contribution in [0.1, 0.15) is 5.89 Å². The first-order valence-electron chi connectivity index (χ1n) is 9.13. The zero-order chi connectivity index (χ0) is 22.6. The van der Waals surface area contributed by atoms with Gasteiger partial charge >= 0.3 is 5.22 Å². The van der Waals surface area contributed by atoms with Crippen LogP contribution in [-0.4, -0.2) is 35.3 Å². The maximum atomic E-state index is 12.5. The first-order chi connectivity index (χ1) is 15.4. The van der Waals surface area contributed by atoms with Crippen molar-refractivity contribution in [3.05, 3.63) is 70.9 Å². The van der Waals surface area contributed by atoms with Gasteiger partial charge in [-0.2, -0.15) is 0 Å². The Balaban J connectivity index is 1.35.